The van der Waals surface area contributed by atoms with Gasteiger partial charge in [0.2, 0.25) is 11.9 Å². The van der Waals surface area contributed by atoms with Gasteiger partial charge in [0.25, 0.3) is 20.0 Å². The van der Waals surface area contributed by atoms with Crippen LogP contribution in [-0.4, -0.2) is 39.3 Å². The molecule has 2 N–H and O–H groups in total. The summed E-state index contributed by atoms with van der Waals surface area (Å²) in [7, 11) is -8.09. The lowest BCUT2D eigenvalue weighted by Crippen LogP contribution is -2.38. The molecule has 37 heavy (non-hydrogen) atoms. The molecule has 1 heterocycles. The summed E-state index contributed by atoms with van der Waals surface area (Å²) in [5, 5.41) is 2.74. The molecule has 190 valence electrons. The van der Waals surface area contributed by atoms with Crippen molar-refractivity contribution in [2.24, 2.45) is 0 Å². The Hall–Kier alpha value is -4.00. The highest BCUT2D eigenvalue weighted by Gasteiger charge is 2.28. The summed E-state index contributed by atoms with van der Waals surface area (Å²) in [6.45, 7) is -0.575. The molecule has 13 heteroatoms. The van der Waals surface area contributed by atoms with Gasteiger partial charge >= 0.3 is 0 Å². The summed E-state index contributed by atoms with van der Waals surface area (Å²) in [4.78, 5) is 20.5. The molecule has 0 unspecified atom stereocenters. The van der Waals surface area contributed by atoms with E-state index in [-0.39, 0.29) is 32.1 Å². The quantitative estimate of drug-likeness (QED) is 0.319. The summed E-state index contributed by atoms with van der Waals surface area (Å²) in [6.07, 6.45) is 2.79. The molecule has 4 aromatic rings. The molecule has 0 aliphatic heterocycles. The Bertz CT molecular complexity index is 1600. The third kappa shape index (κ3) is 6.23. The Labute approximate surface area is 219 Å². The number of aromatic nitrogens is 2. The molecule has 0 aliphatic carbocycles. The summed E-state index contributed by atoms with van der Waals surface area (Å²) < 4.78 is 55.0. The number of halogens is 1. The smallest absolute Gasteiger partial charge is 0.264 e. The largest absolute Gasteiger partial charge is 0.325 e. The average molecular weight is 558 g/mol. The zero-order chi connectivity index (χ0) is 26.5. The van der Waals surface area contributed by atoms with Gasteiger partial charge in [0.1, 0.15) is 6.54 Å². The normalized spacial score (nSPS) is 11.5. The van der Waals surface area contributed by atoms with Crippen molar-refractivity contribution < 1.29 is 21.6 Å². The van der Waals surface area contributed by atoms with Gasteiger partial charge in [-0.1, -0.05) is 41.9 Å². The highest BCUT2D eigenvalue weighted by molar-refractivity contribution is 7.93. The van der Waals surface area contributed by atoms with E-state index in [1.807, 2.05) is 0 Å². The molecule has 4 rings (SSSR count). The van der Waals surface area contributed by atoms with Crippen molar-refractivity contribution in [3.05, 3.63) is 102 Å². The van der Waals surface area contributed by atoms with Crippen molar-refractivity contribution in [3.63, 3.8) is 0 Å². The van der Waals surface area contributed by atoms with E-state index in [0.29, 0.717) is 0 Å². The van der Waals surface area contributed by atoms with Gasteiger partial charge in [0, 0.05) is 18.1 Å². The number of rotatable bonds is 9. The number of sulfonamides is 2. The molecule has 0 fully saturated rings. The van der Waals surface area contributed by atoms with E-state index >= 15 is 0 Å². The first-order chi connectivity index (χ1) is 17.7. The van der Waals surface area contributed by atoms with Crippen LogP contribution in [0, 0.1) is 0 Å². The topological polar surface area (TPSA) is 138 Å². The van der Waals surface area contributed by atoms with Gasteiger partial charge in [-0.3, -0.25) is 9.10 Å². The van der Waals surface area contributed by atoms with Crippen molar-refractivity contribution in [1.29, 1.82) is 0 Å². The zero-order valence-electron chi connectivity index (χ0n) is 19.0. The molecule has 0 atom stereocenters. The molecule has 0 radical (unpaired) electrons. The van der Waals surface area contributed by atoms with Gasteiger partial charge in [0.05, 0.1) is 20.5 Å². The van der Waals surface area contributed by atoms with Crippen LogP contribution < -0.4 is 14.3 Å². The maximum atomic E-state index is 13.4. The Kier molecular flexibility index (Phi) is 7.71. The molecule has 0 bridgehead atoms. The molecule has 0 spiro atoms. The number of hydrogen-bond donors (Lipinski definition) is 2. The fourth-order valence-electron chi connectivity index (χ4n) is 3.25. The van der Waals surface area contributed by atoms with E-state index in [1.54, 1.807) is 36.4 Å². The predicted octanol–water partition coefficient (Wildman–Crippen LogP) is 3.76. The molecular formula is C24H20ClN5O5S2. The molecule has 1 aromatic heterocycles. The van der Waals surface area contributed by atoms with Crippen LogP contribution in [0.1, 0.15) is 0 Å². The van der Waals surface area contributed by atoms with E-state index in [9.17, 15) is 21.6 Å². The highest BCUT2D eigenvalue weighted by atomic mass is 35.5. The number of para-hydroxylation sites is 1. The van der Waals surface area contributed by atoms with Crippen molar-refractivity contribution >= 4 is 54.9 Å². The molecular weight excluding hydrogens is 538 g/mol. The van der Waals surface area contributed by atoms with Gasteiger partial charge in [0.15, 0.2) is 0 Å². The lowest BCUT2D eigenvalue weighted by molar-refractivity contribution is -0.114. The third-order valence-corrected chi connectivity index (χ3v) is 8.42. The lowest BCUT2D eigenvalue weighted by Gasteiger charge is -2.25. The number of amides is 1. The molecule has 0 saturated carbocycles. The van der Waals surface area contributed by atoms with Crippen LogP contribution in [-0.2, 0) is 24.8 Å². The summed E-state index contributed by atoms with van der Waals surface area (Å²) in [5.74, 6) is -0.745. The minimum Gasteiger partial charge on any atom is -0.325 e. The first-order valence-electron chi connectivity index (χ1n) is 10.7. The van der Waals surface area contributed by atoms with Crippen LogP contribution in [0.4, 0.5) is 17.3 Å². The molecule has 0 aliphatic rings. The van der Waals surface area contributed by atoms with Crippen molar-refractivity contribution in [2.75, 3.05) is 20.9 Å². The van der Waals surface area contributed by atoms with Crippen LogP contribution in [0.15, 0.2) is 107 Å². The SMILES string of the molecule is O=C(CN(c1ccccc1Cl)S(=O)(=O)c1ccccc1)Nc1ccc(S(=O)(=O)Nc2ncccn2)cc1. The van der Waals surface area contributed by atoms with Gasteiger partial charge in [-0.05, 0) is 54.6 Å². The molecule has 3 aromatic carbocycles. The minimum absolute atomic E-state index is 0.00725. The Morgan fingerprint density at radius 3 is 2.05 bits per heavy atom. The number of benzene rings is 3. The fourth-order valence-corrected chi connectivity index (χ4v) is 5.96. The van der Waals surface area contributed by atoms with E-state index in [1.165, 1.54) is 60.9 Å². The number of carbonyl (C=O) groups excluding carboxylic acids is 1. The average Bonchev–Trinajstić information content (AvgIpc) is 2.89. The van der Waals surface area contributed by atoms with Gasteiger partial charge in [-0.25, -0.2) is 31.5 Å². The van der Waals surface area contributed by atoms with Gasteiger partial charge < -0.3 is 5.32 Å². The van der Waals surface area contributed by atoms with Crippen LogP contribution in [0.3, 0.4) is 0 Å². The van der Waals surface area contributed by atoms with Crippen LogP contribution in [0.25, 0.3) is 0 Å². The summed E-state index contributed by atoms with van der Waals surface area (Å²) in [6, 6.07) is 20.8. The third-order valence-electron chi connectivity index (χ3n) is 4.98. The van der Waals surface area contributed by atoms with Crippen molar-refractivity contribution in [3.8, 4) is 0 Å². The zero-order valence-corrected chi connectivity index (χ0v) is 21.4. The van der Waals surface area contributed by atoms with Crippen LogP contribution in [0.5, 0.6) is 0 Å². The second-order valence-electron chi connectivity index (χ2n) is 7.53. The number of anilines is 3. The van der Waals surface area contributed by atoms with E-state index in [0.717, 1.165) is 4.31 Å². The Morgan fingerprint density at radius 1 is 0.784 bits per heavy atom. The fraction of sp³-hybridized carbons (Fsp3) is 0.0417. The first kappa shape index (κ1) is 26.1. The number of hydrogen-bond acceptors (Lipinski definition) is 7. The van der Waals surface area contributed by atoms with Crippen molar-refractivity contribution in [2.45, 2.75) is 9.79 Å². The van der Waals surface area contributed by atoms with E-state index < -0.39 is 32.5 Å². The first-order valence-corrected chi connectivity index (χ1v) is 14.0. The summed E-state index contributed by atoms with van der Waals surface area (Å²) >= 11 is 6.26. The number of nitrogens with one attached hydrogen (secondary N) is 2. The molecule has 0 saturated heterocycles. The molecule has 1 amide bonds. The summed E-state index contributed by atoms with van der Waals surface area (Å²) in [5.41, 5.74) is 0.398. The number of nitrogens with zero attached hydrogens (tertiary/aromatic N) is 3. The lowest BCUT2D eigenvalue weighted by atomic mass is 10.3. The maximum absolute atomic E-state index is 13.4. The van der Waals surface area contributed by atoms with Gasteiger partial charge in [-0.15, -0.1) is 0 Å². The van der Waals surface area contributed by atoms with Crippen molar-refractivity contribution in [1.82, 2.24) is 9.97 Å². The second kappa shape index (κ2) is 10.9. The Balaban J connectivity index is 1.53. The molecule has 10 nitrogen and oxygen atoms in total. The van der Waals surface area contributed by atoms with Crippen LogP contribution >= 0.6 is 11.6 Å². The standard InChI is InChI=1S/C24H20ClN5O5S2/c25-21-9-4-5-10-22(21)30(37(34,35)20-7-2-1-3-8-20)17-23(31)28-18-11-13-19(14-12-18)36(32,33)29-24-26-15-6-16-27-24/h1-16H,17H2,(H,28,31)(H,26,27,29). The second-order valence-corrected chi connectivity index (χ2v) is 11.5. The van der Waals surface area contributed by atoms with E-state index in [4.69, 9.17) is 11.6 Å². The van der Waals surface area contributed by atoms with Gasteiger partial charge in [-0.2, -0.15) is 0 Å². The Morgan fingerprint density at radius 2 is 1.41 bits per heavy atom. The monoisotopic (exact) mass is 557 g/mol. The van der Waals surface area contributed by atoms with Crippen LogP contribution in [0.2, 0.25) is 5.02 Å². The van der Waals surface area contributed by atoms with E-state index in [2.05, 4.69) is 20.0 Å². The predicted molar refractivity (Wildman–Crippen MR) is 140 cm³/mol. The number of carbonyl (C=O) groups is 1. The maximum Gasteiger partial charge on any atom is 0.264 e. The minimum atomic E-state index is -4.13. The highest BCUT2D eigenvalue weighted by Crippen LogP contribution is 2.30.